The van der Waals surface area contributed by atoms with Crippen LogP contribution in [0.3, 0.4) is 0 Å². The number of benzene rings is 1. The summed E-state index contributed by atoms with van der Waals surface area (Å²) in [5.74, 6) is 0.329. The van der Waals surface area contributed by atoms with Gasteiger partial charge in [0.15, 0.2) is 0 Å². The fourth-order valence-electron chi connectivity index (χ4n) is 2.07. The van der Waals surface area contributed by atoms with Crippen LogP contribution in [0.25, 0.3) is 0 Å². The third kappa shape index (κ3) is 2.03. The van der Waals surface area contributed by atoms with Gasteiger partial charge in [-0.05, 0) is 25.1 Å². The van der Waals surface area contributed by atoms with E-state index in [-0.39, 0.29) is 11.9 Å². The molecule has 2 rings (SSSR count). The third-order valence-electron chi connectivity index (χ3n) is 2.83. The number of likely N-dealkylation sites (N-methyl/N-ethyl adjacent to an activating group) is 1. The lowest BCUT2D eigenvalue weighted by atomic mass is 9.96. The number of ether oxygens (including phenoxy) is 2. The average molecular weight is 225 g/mol. The van der Waals surface area contributed by atoms with Gasteiger partial charge in [0, 0.05) is 18.2 Å². The van der Waals surface area contributed by atoms with Crippen LogP contribution in [0, 0.1) is 5.82 Å². The highest BCUT2D eigenvalue weighted by Gasteiger charge is 2.24. The van der Waals surface area contributed by atoms with Gasteiger partial charge in [0.25, 0.3) is 0 Å². The summed E-state index contributed by atoms with van der Waals surface area (Å²) in [5.41, 5.74) is 1.66. The molecule has 3 nitrogen and oxygen atoms in total. The maximum absolute atomic E-state index is 13.9. The molecule has 0 unspecified atom stereocenters. The Morgan fingerprint density at radius 2 is 2.38 bits per heavy atom. The van der Waals surface area contributed by atoms with Gasteiger partial charge in [-0.3, -0.25) is 0 Å². The highest BCUT2D eigenvalue weighted by molar-refractivity contribution is 5.39. The molecule has 4 heteroatoms. The Morgan fingerprint density at radius 3 is 3.06 bits per heavy atom. The molecule has 0 amide bonds. The van der Waals surface area contributed by atoms with E-state index in [2.05, 4.69) is 5.32 Å². The van der Waals surface area contributed by atoms with Crippen LogP contribution >= 0.6 is 0 Å². The van der Waals surface area contributed by atoms with Gasteiger partial charge in [0.2, 0.25) is 0 Å². The van der Waals surface area contributed by atoms with Crippen LogP contribution in [0.2, 0.25) is 0 Å². The zero-order chi connectivity index (χ0) is 11.5. The summed E-state index contributed by atoms with van der Waals surface area (Å²) in [5, 5.41) is 3.01. The average Bonchev–Trinajstić information content (AvgIpc) is 2.29. The van der Waals surface area contributed by atoms with Crippen LogP contribution < -0.4 is 10.1 Å². The van der Waals surface area contributed by atoms with E-state index in [0.717, 1.165) is 12.0 Å². The molecular formula is C12H16FNO2. The predicted molar refractivity (Wildman–Crippen MR) is 59.3 cm³/mol. The summed E-state index contributed by atoms with van der Waals surface area (Å²) in [6.45, 7) is 1.25. The lowest BCUT2D eigenvalue weighted by molar-refractivity contribution is 0.0409. The minimum absolute atomic E-state index is 0.195. The van der Waals surface area contributed by atoms with Crippen molar-refractivity contribution in [2.75, 3.05) is 27.3 Å². The standard InChI is InChI=1S/C12H16FNO2/c1-14-7-11-12-8(3-4-16-11)5-9(15-2)6-10(12)13/h5-6,11,14H,3-4,7H2,1-2H3/t11-/m0/s1. The molecule has 1 aliphatic rings. The van der Waals surface area contributed by atoms with Crippen LogP contribution in [0.5, 0.6) is 5.75 Å². The summed E-state index contributed by atoms with van der Waals surface area (Å²) in [6.07, 6.45) is 0.545. The molecule has 88 valence electrons. The topological polar surface area (TPSA) is 30.5 Å². The molecule has 0 radical (unpaired) electrons. The Bertz CT molecular complexity index is 382. The zero-order valence-electron chi connectivity index (χ0n) is 9.55. The van der Waals surface area contributed by atoms with Gasteiger partial charge in [0.05, 0.1) is 19.8 Å². The van der Waals surface area contributed by atoms with Gasteiger partial charge < -0.3 is 14.8 Å². The highest BCUT2D eigenvalue weighted by atomic mass is 19.1. The molecule has 0 saturated heterocycles. The van der Waals surface area contributed by atoms with Crippen LogP contribution in [-0.2, 0) is 11.2 Å². The van der Waals surface area contributed by atoms with E-state index >= 15 is 0 Å². The number of halogens is 1. The van der Waals surface area contributed by atoms with Crippen molar-refractivity contribution in [3.8, 4) is 5.75 Å². The van der Waals surface area contributed by atoms with Gasteiger partial charge >= 0.3 is 0 Å². The molecule has 0 saturated carbocycles. The summed E-state index contributed by atoms with van der Waals surface area (Å²) in [6, 6.07) is 3.31. The van der Waals surface area contributed by atoms with Crippen molar-refractivity contribution >= 4 is 0 Å². The van der Waals surface area contributed by atoms with Crippen molar-refractivity contribution in [3.63, 3.8) is 0 Å². The Hall–Kier alpha value is -1.13. The first-order valence-corrected chi connectivity index (χ1v) is 5.38. The lowest BCUT2D eigenvalue weighted by Gasteiger charge is -2.26. The van der Waals surface area contributed by atoms with Crippen molar-refractivity contribution in [2.24, 2.45) is 0 Å². The van der Waals surface area contributed by atoms with Crippen LogP contribution in [0.4, 0.5) is 4.39 Å². The molecular weight excluding hydrogens is 209 g/mol. The number of methoxy groups -OCH3 is 1. The Morgan fingerprint density at radius 1 is 1.56 bits per heavy atom. The summed E-state index contributed by atoms with van der Waals surface area (Å²) in [4.78, 5) is 0. The molecule has 0 aromatic heterocycles. The quantitative estimate of drug-likeness (QED) is 0.848. The first-order valence-electron chi connectivity index (χ1n) is 5.38. The van der Waals surface area contributed by atoms with Gasteiger partial charge in [-0.2, -0.15) is 0 Å². The van der Waals surface area contributed by atoms with Gasteiger partial charge in [-0.25, -0.2) is 4.39 Å². The van der Waals surface area contributed by atoms with Crippen molar-refractivity contribution in [1.29, 1.82) is 0 Å². The largest absolute Gasteiger partial charge is 0.497 e. The number of hydrogen-bond acceptors (Lipinski definition) is 3. The summed E-state index contributed by atoms with van der Waals surface area (Å²) >= 11 is 0. The van der Waals surface area contributed by atoms with Gasteiger partial charge in [-0.1, -0.05) is 0 Å². The van der Waals surface area contributed by atoms with E-state index < -0.39 is 0 Å². The fraction of sp³-hybridized carbons (Fsp3) is 0.500. The van der Waals surface area contributed by atoms with E-state index in [9.17, 15) is 4.39 Å². The Labute approximate surface area is 94.6 Å². The number of hydrogen-bond donors (Lipinski definition) is 1. The van der Waals surface area contributed by atoms with Crippen LogP contribution in [0.15, 0.2) is 12.1 Å². The maximum Gasteiger partial charge on any atom is 0.133 e. The first kappa shape index (κ1) is 11.4. The molecule has 1 N–H and O–H groups in total. The van der Waals surface area contributed by atoms with E-state index in [1.165, 1.54) is 6.07 Å². The molecule has 1 aromatic carbocycles. The Balaban J connectivity index is 2.40. The predicted octanol–water partition coefficient (Wildman–Crippen LogP) is 1.67. The maximum atomic E-state index is 13.9. The molecule has 0 spiro atoms. The molecule has 0 bridgehead atoms. The summed E-state index contributed by atoms with van der Waals surface area (Å²) < 4.78 is 24.5. The molecule has 1 heterocycles. The fourth-order valence-corrected chi connectivity index (χ4v) is 2.07. The smallest absolute Gasteiger partial charge is 0.133 e. The molecule has 0 aliphatic carbocycles. The summed E-state index contributed by atoms with van der Waals surface area (Å²) in [7, 11) is 3.38. The molecule has 1 atom stereocenters. The normalized spacial score (nSPS) is 19.3. The number of fused-ring (bicyclic) bond motifs is 1. The van der Waals surface area contributed by atoms with E-state index in [1.807, 2.05) is 13.1 Å². The van der Waals surface area contributed by atoms with Crippen LogP contribution in [-0.4, -0.2) is 27.3 Å². The Kier molecular flexibility index (Phi) is 3.41. The lowest BCUT2D eigenvalue weighted by Crippen LogP contribution is -2.26. The van der Waals surface area contributed by atoms with Crippen LogP contribution in [0.1, 0.15) is 17.2 Å². The highest BCUT2D eigenvalue weighted by Crippen LogP contribution is 2.32. The van der Waals surface area contributed by atoms with Gasteiger partial charge in [0.1, 0.15) is 11.6 Å². The molecule has 1 aliphatic heterocycles. The molecule has 1 aromatic rings. The minimum Gasteiger partial charge on any atom is -0.497 e. The first-order chi connectivity index (χ1) is 7.76. The van der Waals surface area contributed by atoms with Crippen molar-refractivity contribution in [2.45, 2.75) is 12.5 Å². The molecule has 16 heavy (non-hydrogen) atoms. The second-order valence-electron chi connectivity index (χ2n) is 3.85. The SMILES string of the molecule is CNC[C@@H]1OCCc2cc(OC)cc(F)c21. The van der Waals surface area contributed by atoms with Gasteiger partial charge in [-0.15, -0.1) is 0 Å². The molecule has 0 fully saturated rings. The van der Waals surface area contributed by atoms with Crippen molar-refractivity contribution in [3.05, 3.63) is 29.1 Å². The minimum atomic E-state index is -0.241. The zero-order valence-corrected chi connectivity index (χ0v) is 9.55. The third-order valence-corrected chi connectivity index (χ3v) is 2.83. The number of nitrogens with one attached hydrogen (secondary N) is 1. The van der Waals surface area contributed by atoms with E-state index in [0.29, 0.717) is 24.5 Å². The second kappa shape index (κ2) is 4.80. The monoisotopic (exact) mass is 225 g/mol. The van der Waals surface area contributed by atoms with Crippen molar-refractivity contribution < 1.29 is 13.9 Å². The number of rotatable bonds is 3. The van der Waals surface area contributed by atoms with Crippen molar-refractivity contribution in [1.82, 2.24) is 5.32 Å². The second-order valence-corrected chi connectivity index (χ2v) is 3.85. The van der Waals surface area contributed by atoms with E-state index in [1.54, 1.807) is 7.11 Å². The van der Waals surface area contributed by atoms with E-state index in [4.69, 9.17) is 9.47 Å².